The van der Waals surface area contributed by atoms with Crippen LogP contribution in [0.1, 0.15) is 11.4 Å². The van der Waals surface area contributed by atoms with Gasteiger partial charge in [0.25, 0.3) is 0 Å². The van der Waals surface area contributed by atoms with Gasteiger partial charge in [-0.15, -0.1) is 0 Å². The third-order valence-electron chi connectivity index (χ3n) is 4.76. The van der Waals surface area contributed by atoms with Gasteiger partial charge in [0.1, 0.15) is 17.3 Å². The van der Waals surface area contributed by atoms with Crippen molar-refractivity contribution in [2.45, 2.75) is 25.3 Å². The summed E-state index contributed by atoms with van der Waals surface area (Å²) >= 11 is 0. The molecule has 0 aliphatic heterocycles. The van der Waals surface area contributed by atoms with Gasteiger partial charge in [-0.1, -0.05) is 0 Å². The highest BCUT2D eigenvalue weighted by Gasteiger charge is 2.13. The molecule has 3 aromatic heterocycles. The summed E-state index contributed by atoms with van der Waals surface area (Å²) in [6, 6.07) is 15.5. The van der Waals surface area contributed by atoms with Crippen molar-refractivity contribution in [3.63, 3.8) is 0 Å². The number of pyridine rings is 2. The summed E-state index contributed by atoms with van der Waals surface area (Å²) in [5.74, 6) is 1.85. The van der Waals surface area contributed by atoms with Crippen molar-refractivity contribution in [1.82, 2.24) is 24.5 Å². The lowest BCUT2D eigenvalue weighted by molar-refractivity contribution is 0.475. The van der Waals surface area contributed by atoms with Crippen LogP contribution in [0.3, 0.4) is 0 Å². The fourth-order valence-corrected chi connectivity index (χ4v) is 4.15. The second-order valence-electron chi connectivity index (χ2n) is 7.33. The molecule has 33 heavy (non-hydrogen) atoms. The monoisotopic (exact) mass is 464 g/mol. The quantitative estimate of drug-likeness (QED) is 0.387. The van der Waals surface area contributed by atoms with E-state index in [0.717, 1.165) is 11.4 Å². The number of ether oxygens (including phenoxy) is 1. The minimum atomic E-state index is -3.61. The van der Waals surface area contributed by atoms with Crippen LogP contribution in [0, 0.1) is 13.8 Å². The van der Waals surface area contributed by atoms with Crippen molar-refractivity contribution in [2.75, 3.05) is 11.9 Å². The van der Waals surface area contributed by atoms with Crippen LogP contribution >= 0.6 is 0 Å². The summed E-state index contributed by atoms with van der Waals surface area (Å²) in [5.41, 5.74) is 2.43. The molecule has 0 saturated carbocycles. The molecule has 4 aromatic rings. The van der Waals surface area contributed by atoms with Crippen LogP contribution in [-0.4, -0.2) is 34.7 Å². The summed E-state index contributed by atoms with van der Waals surface area (Å²) in [6.45, 7) is 4.52. The normalized spacial score (nSPS) is 11.3. The lowest BCUT2D eigenvalue weighted by Crippen LogP contribution is -2.27. The van der Waals surface area contributed by atoms with Crippen LogP contribution in [-0.2, 0) is 16.6 Å². The highest BCUT2D eigenvalue weighted by molar-refractivity contribution is 7.89. The Labute approximate surface area is 192 Å². The maximum Gasteiger partial charge on any atom is 0.240 e. The zero-order chi connectivity index (χ0) is 23.3. The van der Waals surface area contributed by atoms with E-state index in [-0.39, 0.29) is 11.4 Å². The first-order valence-electron chi connectivity index (χ1n) is 10.3. The van der Waals surface area contributed by atoms with E-state index < -0.39 is 10.0 Å². The Hall–Kier alpha value is -3.76. The second kappa shape index (κ2) is 9.80. The minimum absolute atomic E-state index is 0.181. The summed E-state index contributed by atoms with van der Waals surface area (Å²) in [6.07, 6.45) is 5.07. The molecule has 0 fully saturated rings. The zero-order valence-corrected chi connectivity index (χ0v) is 19.1. The molecule has 170 valence electrons. The Balaban J connectivity index is 1.39. The molecule has 0 spiro atoms. The standard InChI is InChI=1S/C23H24N6O3S/c1-17-4-9-22(18(2)27-17)32-20-10-12-24-23(16-20)28-19-5-7-21(8-6-19)33(30,31)26-13-15-29-14-3-11-25-29/h3-12,14,16,26H,13,15H2,1-2H3,(H,24,28). The Morgan fingerprint density at radius 1 is 1.03 bits per heavy atom. The molecule has 2 N–H and O–H groups in total. The molecule has 4 rings (SSSR count). The van der Waals surface area contributed by atoms with Crippen molar-refractivity contribution in [2.24, 2.45) is 0 Å². The number of aromatic nitrogens is 4. The molecule has 0 unspecified atom stereocenters. The number of benzene rings is 1. The van der Waals surface area contributed by atoms with Gasteiger partial charge in [0, 0.05) is 42.6 Å². The van der Waals surface area contributed by atoms with E-state index >= 15 is 0 Å². The molecule has 1 aromatic carbocycles. The Bertz CT molecular complexity index is 1320. The van der Waals surface area contributed by atoms with Gasteiger partial charge in [0.2, 0.25) is 10.0 Å². The Kier molecular flexibility index (Phi) is 6.66. The van der Waals surface area contributed by atoms with Crippen LogP contribution in [0.4, 0.5) is 11.5 Å². The van der Waals surface area contributed by atoms with Crippen LogP contribution in [0.15, 0.2) is 78.1 Å². The minimum Gasteiger partial charge on any atom is -0.455 e. The number of sulfonamides is 1. The molecule has 0 amide bonds. The molecule has 0 aliphatic rings. The highest BCUT2D eigenvalue weighted by Crippen LogP contribution is 2.26. The van der Waals surface area contributed by atoms with E-state index in [0.29, 0.717) is 29.5 Å². The predicted octanol–water partition coefficient (Wildman–Crippen LogP) is 3.80. The molecule has 9 nitrogen and oxygen atoms in total. The first kappa shape index (κ1) is 22.4. The Morgan fingerprint density at radius 3 is 2.58 bits per heavy atom. The highest BCUT2D eigenvalue weighted by atomic mass is 32.2. The van der Waals surface area contributed by atoms with Crippen molar-refractivity contribution in [3.8, 4) is 11.5 Å². The SMILES string of the molecule is Cc1ccc(Oc2ccnc(Nc3ccc(S(=O)(=O)NCCn4cccn4)cc3)c2)c(C)n1. The lowest BCUT2D eigenvalue weighted by Gasteiger charge is -2.11. The largest absolute Gasteiger partial charge is 0.455 e. The summed E-state index contributed by atoms with van der Waals surface area (Å²) in [4.78, 5) is 8.89. The fourth-order valence-electron chi connectivity index (χ4n) is 3.13. The molecule has 0 aliphatic carbocycles. The number of aryl methyl sites for hydroxylation is 2. The first-order chi connectivity index (χ1) is 15.9. The lowest BCUT2D eigenvalue weighted by atomic mass is 10.3. The van der Waals surface area contributed by atoms with E-state index in [2.05, 4.69) is 25.1 Å². The molecular formula is C23H24N6O3S. The number of nitrogens with zero attached hydrogens (tertiary/aromatic N) is 4. The van der Waals surface area contributed by atoms with Crippen molar-refractivity contribution >= 4 is 21.5 Å². The molecule has 0 radical (unpaired) electrons. The van der Waals surface area contributed by atoms with Gasteiger partial charge in [-0.2, -0.15) is 5.10 Å². The second-order valence-corrected chi connectivity index (χ2v) is 9.10. The van der Waals surface area contributed by atoms with Crippen molar-refractivity contribution in [3.05, 3.63) is 84.6 Å². The predicted molar refractivity (Wildman–Crippen MR) is 125 cm³/mol. The van der Waals surface area contributed by atoms with E-state index in [1.54, 1.807) is 65.7 Å². The number of nitrogens with one attached hydrogen (secondary N) is 2. The maximum atomic E-state index is 12.5. The van der Waals surface area contributed by atoms with Gasteiger partial charge in [-0.3, -0.25) is 9.67 Å². The number of hydrogen-bond acceptors (Lipinski definition) is 7. The molecule has 3 heterocycles. The molecule has 10 heteroatoms. The summed E-state index contributed by atoms with van der Waals surface area (Å²) in [7, 11) is -3.61. The number of hydrogen-bond donors (Lipinski definition) is 2. The van der Waals surface area contributed by atoms with Gasteiger partial charge in [0.05, 0.1) is 17.1 Å². The topological polar surface area (TPSA) is 111 Å². The number of anilines is 2. The van der Waals surface area contributed by atoms with Gasteiger partial charge in [0.15, 0.2) is 0 Å². The van der Waals surface area contributed by atoms with Crippen LogP contribution in [0.5, 0.6) is 11.5 Å². The van der Waals surface area contributed by atoms with Crippen molar-refractivity contribution in [1.29, 1.82) is 0 Å². The average molecular weight is 465 g/mol. The van der Waals surface area contributed by atoms with E-state index in [4.69, 9.17) is 4.74 Å². The zero-order valence-electron chi connectivity index (χ0n) is 18.3. The number of rotatable bonds is 9. The van der Waals surface area contributed by atoms with E-state index in [9.17, 15) is 8.42 Å². The third kappa shape index (κ3) is 5.93. The molecule has 0 saturated heterocycles. The molecule has 0 bridgehead atoms. The van der Waals surface area contributed by atoms with Gasteiger partial charge >= 0.3 is 0 Å². The van der Waals surface area contributed by atoms with Crippen molar-refractivity contribution < 1.29 is 13.2 Å². The molecule has 0 atom stereocenters. The Morgan fingerprint density at radius 2 is 1.85 bits per heavy atom. The average Bonchev–Trinajstić information content (AvgIpc) is 3.30. The van der Waals surface area contributed by atoms with Crippen LogP contribution in [0.25, 0.3) is 0 Å². The summed E-state index contributed by atoms with van der Waals surface area (Å²) in [5, 5.41) is 7.21. The van der Waals surface area contributed by atoms with Crippen LogP contribution < -0.4 is 14.8 Å². The summed E-state index contributed by atoms with van der Waals surface area (Å²) < 4.78 is 35.2. The fraction of sp³-hybridized carbons (Fsp3) is 0.174. The first-order valence-corrected chi connectivity index (χ1v) is 11.8. The van der Waals surface area contributed by atoms with Crippen LogP contribution in [0.2, 0.25) is 0 Å². The smallest absolute Gasteiger partial charge is 0.240 e. The van der Waals surface area contributed by atoms with Gasteiger partial charge < -0.3 is 10.1 Å². The van der Waals surface area contributed by atoms with E-state index in [1.165, 1.54) is 0 Å². The van der Waals surface area contributed by atoms with E-state index in [1.807, 2.05) is 26.0 Å². The van der Waals surface area contributed by atoms with Gasteiger partial charge in [-0.05, 0) is 62.4 Å². The maximum absolute atomic E-state index is 12.5. The third-order valence-corrected chi connectivity index (χ3v) is 6.24. The molecular weight excluding hydrogens is 440 g/mol. The van der Waals surface area contributed by atoms with Gasteiger partial charge in [-0.25, -0.2) is 18.1 Å².